The third-order valence-corrected chi connectivity index (χ3v) is 10.4. The van der Waals surface area contributed by atoms with Gasteiger partial charge < -0.3 is 25.4 Å². The Morgan fingerprint density at radius 3 is 2.06 bits per heavy atom. The van der Waals surface area contributed by atoms with Crippen LogP contribution in [-0.2, 0) is 20.1 Å². The number of hydrogen-bond donors (Lipinski definition) is 5. The Kier molecular flexibility index (Phi) is 11.4. The number of fused-ring (bicyclic) bond motifs is 1. The predicted octanol–water partition coefficient (Wildman–Crippen LogP) is 6.66. The standard InChI is InChI=1S/C34H34N6O9S2/c1-22-18-30(31(49-2)21-29(22)37-36-25-8-11-27(12-9-25)50(44,45)40(14-16-41)15-17-42)38-39-33-32(51(46,47)48)20-23-19-26(10-13-28(23)34(33)43)35-24-6-4-3-5-7-24/h3-13,18-21,35,41-43H,14-17H2,1-2H3,(H,46,47,48). The quantitative estimate of drug-likeness (QED) is 0.0603. The molecule has 17 heteroatoms. The van der Waals surface area contributed by atoms with E-state index in [4.69, 9.17) is 4.74 Å². The Hall–Kier alpha value is -5.30. The van der Waals surface area contributed by atoms with Crippen molar-refractivity contribution in [2.75, 3.05) is 38.7 Å². The van der Waals surface area contributed by atoms with Crippen molar-refractivity contribution >= 4 is 65.0 Å². The van der Waals surface area contributed by atoms with Crippen molar-refractivity contribution in [3.63, 3.8) is 0 Å². The number of aromatic hydroxyl groups is 1. The summed E-state index contributed by atoms with van der Waals surface area (Å²) in [6.45, 7) is 0.569. The van der Waals surface area contributed by atoms with Crippen molar-refractivity contribution < 1.29 is 41.4 Å². The van der Waals surface area contributed by atoms with Gasteiger partial charge in [0.2, 0.25) is 10.0 Å². The summed E-state index contributed by atoms with van der Waals surface area (Å²) in [6, 6.07) is 24.0. The van der Waals surface area contributed by atoms with Gasteiger partial charge in [0, 0.05) is 35.9 Å². The number of sulfonamides is 1. The highest BCUT2D eigenvalue weighted by Crippen LogP contribution is 2.43. The average molecular weight is 735 g/mol. The maximum Gasteiger partial charge on any atom is 0.296 e. The van der Waals surface area contributed by atoms with E-state index < -0.39 is 49.7 Å². The molecule has 5 aromatic carbocycles. The molecule has 0 atom stereocenters. The zero-order valence-corrected chi connectivity index (χ0v) is 29.0. The monoisotopic (exact) mass is 734 g/mol. The van der Waals surface area contributed by atoms with E-state index in [1.54, 1.807) is 31.2 Å². The van der Waals surface area contributed by atoms with E-state index >= 15 is 0 Å². The highest BCUT2D eigenvalue weighted by molar-refractivity contribution is 7.89. The molecular weight excluding hydrogens is 701 g/mol. The van der Waals surface area contributed by atoms with Gasteiger partial charge in [0.05, 0.1) is 36.6 Å². The number of methoxy groups -OCH3 is 1. The van der Waals surface area contributed by atoms with Crippen LogP contribution in [0, 0.1) is 6.92 Å². The Morgan fingerprint density at radius 1 is 0.765 bits per heavy atom. The molecule has 0 bridgehead atoms. The van der Waals surface area contributed by atoms with E-state index in [0.29, 0.717) is 28.0 Å². The molecule has 0 aliphatic carbocycles. The van der Waals surface area contributed by atoms with Crippen molar-refractivity contribution in [3.8, 4) is 11.5 Å². The molecule has 51 heavy (non-hydrogen) atoms. The summed E-state index contributed by atoms with van der Waals surface area (Å²) in [6.07, 6.45) is 0. The van der Waals surface area contributed by atoms with Crippen molar-refractivity contribution in [1.29, 1.82) is 0 Å². The average Bonchev–Trinajstić information content (AvgIpc) is 3.10. The molecule has 0 spiro atoms. The van der Waals surface area contributed by atoms with Crippen LogP contribution < -0.4 is 10.1 Å². The van der Waals surface area contributed by atoms with Gasteiger partial charge >= 0.3 is 0 Å². The van der Waals surface area contributed by atoms with Crippen LogP contribution in [-0.4, -0.2) is 74.4 Å². The lowest BCUT2D eigenvalue weighted by molar-refractivity contribution is 0.217. The van der Waals surface area contributed by atoms with Crippen molar-refractivity contribution in [2.24, 2.45) is 20.5 Å². The summed E-state index contributed by atoms with van der Waals surface area (Å²) in [4.78, 5) is -0.696. The SMILES string of the molecule is COc1cc(N=Nc2ccc(S(=O)(=O)N(CCO)CCO)cc2)c(C)cc1N=Nc1c(S(=O)(=O)O)cc2cc(Nc3ccccc3)ccc2c1O. The molecule has 5 rings (SSSR count). The van der Waals surface area contributed by atoms with Crippen molar-refractivity contribution in [1.82, 2.24) is 4.31 Å². The maximum absolute atomic E-state index is 12.9. The predicted molar refractivity (Wildman–Crippen MR) is 191 cm³/mol. The maximum atomic E-state index is 12.9. The fourth-order valence-electron chi connectivity index (χ4n) is 5.05. The molecule has 0 saturated carbocycles. The second-order valence-electron chi connectivity index (χ2n) is 11.0. The fourth-order valence-corrected chi connectivity index (χ4v) is 7.13. The molecule has 0 aromatic heterocycles. The fraction of sp³-hybridized carbons (Fsp3) is 0.176. The zero-order valence-electron chi connectivity index (χ0n) is 27.4. The van der Waals surface area contributed by atoms with Crippen LogP contribution >= 0.6 is 0 Å². The summed E-state index contributed by atoms with van der Waals surface area (Å²) >= 11 is 0. The number of nitrogens with zero attached hydrogens (tertiary/aromatic N) is 5. The molecule has 0 aliphatic heterocycles. The highest BCUT2D eigenvalue weighted by Gasteiger charge is 2.24. The van der Waals surface area contributed by atoms with Crippen molar-refractivity contribution in [2.45, 2.75) is 16.7 Å². The molecule has 15 nitrogen and oxygen atoms in total. The molecule has 266 valence electrons. The molecule has 0 unspecified atom stereocenters. The number of para-hydroxylation sites is 1. The zero-order chi connectivity index (χ0) is 36.8. The lowest BCUT2D eigenvalue weighted by Gasteiger charge is -2.20. The minimum absolute atomic E-state index is 0.0460. The number of benzene rings is 5. The largest absolute Gasteiger partial charge is 0.505 e. The lowest BCUT2D eigenvalue weighted by Crippen LogP contribution is -2.35. The number of aliphatic hydroxyl groups is 2. The minimum Gasteiger partial charge on any atom is -0.505 e. The minimum atomic E-state index is -4.86. The Balaban J connectivity index is 1.43. The van der Waals surface area contributed by atoms with E-state index in [1.807, 2.05) is 30.3 Å². The number of phenols is 1. The number of rotatable bonds is 14. The smallest absolute Gasteiger partial charge is 0.296 e. The van der Waals surface area contributed by atoms with Crippen LogP contribution in [0.2, 0.25) is 0 Å². The first-order chi connectivity index (χ1) is 24.3. The summed E-state index contributed by atoms with van der Waals surface area (Å²) < 4.78 is 67.1. The number of aliphatic hydroxyl groups excluding tert-OH is 2. The molecular formula is C34H34N6O9S2. The number of phenolic OH excluding ortho intramolecular Hbond substituents is 1. The number of hydrogen-bond acceptors (Lipinski definition) is 13. The van der Waals surface area contributed by atoms with Gasteiger partial charge in [-0.15, -0.1) is 10.2 Å². The van der Waals surface area contributed by atoms with Crippen LogP contribution in [0.4, 0.5) is 34.1 Å². The van der Waals surface area contributed by atoms with Gasteiger partial charge in [-0.3, -0.25) is 4.55 Å². The van der Waals surface area contributed by atoms with E-state index in [2.05, 4.69) is 25.8 Å². The molecule has 5 aromatic rings. The second kappa shape index (κ2) is 15.7. The number of ether oxygens (including phenoxy) is 1. The number of aryl methyl sites for hydroxylation is 1. The number of azo groups is 2. The van der Waals surface area contributed by atoms with Crippen LogP contribution in [0.3, 0.4) is 0 Å². The summed E-state index contributed by atoms with van der Waals surface area (Å²) in [7, 11) is -7.44. The summed E-state index contributed by atoms with van der Waals surface area (Å²) in [5.41, 5.74) is 2.35. The molecule has 0 aliphatic rings. The van der Waals surface area contributed by atoms with Gasteiger partial charge in [0.15, 0.2) is 5.75 Å². The van der Waals surface area contributed by atoms with Gasteiger partial charge in [-0.25, -0.2) is 8.42 Å². The summed E-state index contributed by atoms with van der Waals surface area (Å²) in [5.74, 6) is -0.331. The topological polar surface area (TPSA) is 223 Å². The van der Waals surface area contributed by atoms with Gasteiger partial charge in [-0.2, -0.15) is 23.0 Å². The van der Waals surface area contributed by atoms with Crippen LogP contribution in [0.25, 0.3) is 10.8 Å². The van der Waals surface area contributed by atoms with Crippen molar-refractivity contribution in [3.05, 3.63) is 96.6 Å². The molecule has 0 heterocycles. The first-order valence-electron chi connectivity index (χ1n) is 15.3. The van der Waals surface area contributed by atoms with E-state index in [1.165, 1.54) is 43.5 Å². The first kappa shape index (κ1) is 37.0. The summed E-state index contributed by atoms with van der Waals surface area (Å²) in [5, 5.41) is 49.9. The Labute approximate surface area is 294 Å². The van der Waals surface area contributed by atoms with E-state index in [9.17, 15) is 36.7 Å². The number of anilines is 2. The molecule has 0 fully saturated rings. The number of nitrogens with one attached hydrogen (secondary N) is 1. The van der Waals surface area contributed by atoms with Crippen LogP contribution in [0.1, 0.15) is 5.56 Å². The Bertz CT molecular complexity index is 2310. The van der Waals surface area contributed by atoms with Gasteiger partial charge in [0.25, 0.3) is 10.1 Å². The van der Waals surface area contributed by atoms with Crippen LogP contribution in [0.15, 0.2) is 121 Å². The molecule has 5 N–H and O–H groups in total. The molecule has 0 radical (unpaired) electrons. The third-order valence-electron chi connectivity index (χ3n) is 7.59. The second-order valence-corrected chi connectivity index (χ2v) is 14.4. The van der Waals surface area contributed by atoms with Crippen LogP contribution in [0.5, 0.6) is 11.5 Å². The molecule has 0 saturated heterocycles. The van der Waals surface area contributed by atoms with Gasteiger partial charge in [-0.05, 0) is 84.6 Å². The van der Waals surface area contributed by atoms with Gasteiger partial charge in [0.1, 0.15) is 22.0 Å². The first-order valence-corrected chi connectivity index (χ1v) is 18.2. The normalized spacial score (nSPS) is 12.4. The van der Waals surface area contributed by atoms with E-state index in [-0.39, 0.29) is 34.8 Å². The van der Waals surface area contributed by atoms with E-state index in [0.717, 1.165) is 9.99 Å². The third kappa shape index (κ3) is 8.54. The lowest BCUT2D eigenvalue weighted by atomic mass is 10.1. The highest BCUT2D eigenvalue weighted by atomic mass is 32.2. The molecule has 0 amide bonds. The van der Waals surface area contributed by atoms with Gasteiger partial charge in [-0.1, -0.05) is 18.2 Å². The Morgan fingerprint density at radius 2 is 1.43 bits per heavy atom.